The third-order valence-electron chi connectivity index (χ3n) is 3.21. The fraction of sp³-hybridized carbons (Fsp3) is 0.727. The second-order valence-corrected chi connectivity index (χ2v) is 4.57. The zero-order valence-corrected chi connectivity index (χ0v) is 9.63. The minimum absolute atomic E-state index is 0.167. The largest absolute Gasteiger partial charge is 0.317 e. The molecule has 0 aromatic carbocycles. The van der Waals surface area contributed by atoms with Crippen molar-refractivity contribution in [3.05, 3.63) is 21.6 Å². The van der Waals surface area contributed by atoms with Crippen LogP contribution < -0.4 is 10.9 Å². The molecule has 1 aromatic rings. The zero-order valence-electron chi connectivity index (χ0n) is 9.63. The first kappa shape index (κ1) is 10.5. The van der Waals surface area contributed by atoms with Crippen LogP contribution in [0, 0.1) is 0 Å². The van der Waals surface area contributed by atoms with Crippen molar-refractivity contribution in [1.82, 2.24) is 15.1 Å². The van der Waals surface area contributed by atoms with Gasteiger partial charge in [-0.3, -0.25) is 14.6 Å². The van der Waals surface area contributed by atoms with Gasteiger partial charge in [-0.25, -0.2) is 0 Å². The quantitative estimate of drug-likeness (QED) is 0.758. The van der Waals surface area contributed by atoms with Crippen molar-refractivity contribution < 1.29 is 0 Å². The molecule has 4 nitrogen and oxygen atoms in total. The van der Waals surface area contributed by atoms with Crippen LogP contribution in [0.25, 0.3) is 0 Å². The van der Waals surface area contributed by atoms with Gasteiger partial charge in [0.1, 0.15) is 0 Å². The summed E-state index contributed by atoms with van der Waals surface area (Å²) in [4.78, 5) is 12.0. The van der Waals surface area contributed by atoms with Crippen LogP contribution in [0.1, 0.15) is 37.6 Å². The number of nitrogens with one attached hydrogen (secondary N) is 2. The second kappa shape index (κ2) is 3.85. The molecule has 1 aromatic heterocycles. The van der Waals surface area contributed by atoms with Crippen molar-refractivity contribution >= 4 is 0 Å². The molecule has 0 saturated carbocycles. The van der Waals surface area contributed by atoms with Gasteiger partial charge in [0.05, 0.1) is 0 Å². The van der Waals surface area contributed by atoms with E-state index < -0.39 is 0 Å². The molecule has 0 fully saturated rings. The lowest BCUT2D eigenvalue weighted by atomic mass is 9.94. The third-order valence-corrected chi connectivity index (χ3v) is 3.21. The molecule has 1 unspecified atom stereocenters. The number of fused-ring (bicyclic) bond motifs is 1. The fourth-order valence-electron chi connectivity index (χ4n) is 2.23. The van der Waals surface area contributed by atoms with Gasteiger partial charge in [0.15, 0.2) is 0 Å². The van der Waals surface area contributed by atoms with E-state index in [1.165, 1.54) is 0 Å². The van der Waals surface area contributed by atoms with Crippen molar-refractivity contribution in [3.8, 4) is 0 Å². The summed E-state index contributed by atoms with van der Waals surface area (Å²) in [5.41, 5.74) is 2.29. The Morgan fingerprint density at radius 2 is 2.27 bits per heavy atom. The average molecular weight is 209 g/mol. The SMILES string of the molecule is CNC1CCc2[nH]n(C(C)C)c(=O)c2C1. The molecule has 2 rings (SSSR count). The number of hydrogen-bond acceptors (Lipinski definition) is 2. The van der Waals surface area contributed by atoms with Gasteiger partial charge in [0.25, 0.3) is 5.56 Å². The molecule has 15 heavy (non-hydrogen) atoms. The van der Waals surface area contributed by atoms with Crippen LogP contribution in [0.3, 0.4) is 0 Å². The maximum absolute atomic E-state index is 12.0. The molecular formula is C11H19N3O. The van der Waals surface area contributed by atoms with Gasteiger partial charge in [-0.15, -0.1) is 0 Å². The predicted octanol–water partition coefficient (Wildman–Crippen LogP) is 0.834. The number of hydrogen-bond donors (Lipinski definition) is 2. The van der Waals surface area contributed by atoms with Gasteiger partial charge in [0, 0.05) is 23.3 Å². The molecule has 0 amide bonds. The summed E-state index contributed by atoms with van der Waals surface area (Å²) < 4.78 is 1.74. The molecule has 0 saturated heterocycles. The predicted molar refractivity (Wildman–Crippen MR) is 60.3 cm³/mol. The first-order valence-electron chi connectivity index (χ1n) is 5.63. The van der Waals surface area contributed by atoms with E-state index in [9.17, 15) is 4.79 Å². The Morgan fingerprint density at radius 3 is 2.87 bits per heavy atom. The van der Waals surface area contributed by atoms with E-state index in [4.69, 9.17) is 0 Å². The Kier molecular flexibility index (Phi) is 2.69. The number of H-pyrrole nitrogens is 1. The molecule has 2 N–H and O–H groups in total. The monoisotopic (exact) mass is 209 g/mol. The molecule has 1 atom stereocenters. The highest BCUT2D eigenvalue weighted by atomic mass is 16.1. The smallest absolute Gasteiger partial charge is 0.270 e. The Morgan fingerprint density at radius 1 is 1.53 bits per heavy atom. The molecule has 1 aliphatic carbocycles. The van der Waals surface area contributed by atoms with Crippen LogP contribution >= 0.6 is 0 Å². The van der Waals surface area contributed by atoms with Gasteiger partial charge in [-0.2, -0.15) is 0 Å². The van der Waals surface area contributed by atoms with Crippen LogP contribution in [0.4, 0.5) is 0 Å². The van der Waals surface area contributed by atoms with Crippen LogP contribution in [0.15, 0.2) is 4.79 Å². The number of rotatable bonds is 2. The van der Waals surface area contributed by atoms with Crippen molar-refractivity contribution in [2.24, 2.45) is 0 Å². The standard InChI is InChI=1S/C11H19N3O/c1-7(2)14-11(15)9-6-8(12-3)4-5-10(9)13-14/h7-8,12-13H,4-6H2,1-3H3. The second-order valence-electron chi connectivity index (χ2n) is 4.57. The molecule has 1 heterocycles. The third kappa shape index (κ3) is 1.74. The van der Waals surface area contributed by atoms with E-state index >= 15 is 0 Å². The number of aryl methyl sites for hydroxylation is 1. The summed E-state index contributed by atoms with van der Waals surface area (Å²) in [5.74, 6) is 0. The molecule has 1 aliphatic rings. The van der Waals surface area contributed by atoms with Gasteiger partial charge in [-0.05, 0) is 40.2 Å². The highest BCUT2D eigenvalue weighted by Gasteiger charge is 2.23. The van der Waals surface area contributed by atoms with E-state index in [1.807, 2.05) is 20.9 Å². The van der Waals surface area contributed by atoms with E-state index in [0.29, 0.717) is 6.04 Å². The van der Waals surface area contributed by atoms with Crippen LogP contribution in [-0.2, 0) is 12.8 Å². The first-order chi connectivity index (χ1) is 7.13. The number of aromatic nitrogens is 2. The lowest BCUT2D eigenvalue weighted by Crippen LogP contribution is -2.33. The van der Waals surface area contributed by atoms with E-state index in [2.05, 4.69) is 10.4 Å². The van der Waals surface area contributed by atoms with E-state index in [-0.39, 0.29) is 11.6 Å². The molecule has 0 bridgehead atoms. The van der Waals surface area contributed by atoms with Gasteiger partial charge in [0.2, 0.25) is 0 Å². The number of likely N-dealkylation sites (N-methyl/N-ethyl adjacent to an activating group) is 1. The highest BCUT2D eigenvalue weighted by Crippen LogP contribution is 2.17. The van der Waals surface area contributed by atoms with Crippen LogP contribution in [0.5, 0.6) is 0 Å². The van der Waals surface area contributed by atoms with Gasteiger partial charge in [-0.1, -0.05) is 0 Å². The lowest BCUT2D eigenvalue weighted by Gasteiger charge is -2.19. The summed E-state index contributed by atoms with van der Waals surface area (Å²) >= 11 is 0. The maximum Gasteiger partial charge on any atom is 0.270 e. The summed E-state index contributed by atoms with van der Waals surface area (Å²) in [6.45, 7) is 4.05. The Balaban J connectivity index is 2.38. The van der Waals surface area contributed by atoms with Crippen molar-refractivity contribution in [2.45, 2.75) is 45.2 Å². The van der Waals surface area contributed by atoms with Crippen LogP contribution in [0.2, 0.25) is 0 Å². The Bertz CT molecular complexity index is 402. The van der Waals surface area contributed by atoms with Crippen molar-refractivity contribution in [3.63, 3.8) is 0 Å². The highest BCUT2D eigenvalue weighted by molar-refractivity contribution is 5.22. The Labute approximate surface area is 89.7 Å². The van der Waals surface area contributed by atoms with Crippen molar-refractivity contribution in [1.29, 1.82) is 0 Å². The fourth-order valence-corrected chi connectivity index (χ4v) is 2.23. The maximum atomic E-state index is 12.0. The van der Waals surface area contributed by atoms with E-state index in [0.717, 1.165) is 30.5 Å². The summed E-state index contributed by atoms with van der Waals surface area (Å²) in [6, 6.07) is 0.678. The van der Waals surface area contributed by atoms with Gasteiger partial charge >= 0.3 is 0 Å². The number of aromatic amines is 1. The lowest BCUT2D eigenvalue weighted by molar-refractivity contribution is 0.489. The molecule has 0 spiro atoms. The van der Waals surface area contributed by atoms with Gasteiger partial charge < -0.3 is 5.32 Å². The van der Waals surface area contributed by atoms with E-state index in [1.54, 1.807) is 4.68 Å². The molecule has 0 radical (unpaired) electrons. The minimum atomic E-state index is 0.167. The zero-order chi connectivity index (χ0) is 11.0. The summed E-state index contributed by atoms with van der Waals surface area (Å²) in [6.07, 6.45) is 2.96. The summed E-state index contributed by atoms with van der Waals surface area (Å²) in [7, 11) is 1.96. The number of nitrogens with zero attached hydrogens (tertiary/aromatic N) is 1. The Hall–Kier alpha value is -1.03. The normalized spacial score (nSPS) is 20.7. The average Bonchev–Trinajstić information content (AvgIpc) is 2.56. The minimum Gasteiger partial charge on any atom is -0.317 e. The van der Waals surface area contributed by atoms with Crippen molar-refractivity contribution in [2.75, 3.05) is 7.05 Å². The topological polar surface area (TPSA) is 49.8 Å². The molecular weight excluding hydrogens is 190 g/mol. The molecule has 4 heteroatoms. The summed E-state index contributed by atoms with van der Waals surface area (Å²) in [5, 5.41) is 6.47. The molecule has 0 aliphatic heterocycles. The van der Waals surface area contributed by atoms with Crippen LogP contribution in [-0.4, -0.2) is 22.9 Å². The molecule has 84 valence electrons. The first-order valence-corrected chi connectivity index (χ1v) is 5.63.